The van der Waals surface area contributed by atoms with Crippen LogP contribution in [0.1, 0.15) is 18.5 Å². The standard InChI is InChI=1S/C15H14BrF2NO/c1-9(19-2)11-4-3-5-13(17)15(11)20-10-6-7-12(16)14(18)8-10/h3-9,19H,1-2H3. The van der Waals surface area contributed by atoms with Crippen molar-refractivity contribution in [1.29, 1.82) is 0 Å². The molecule has 0 saturated carbocycles. The van der Waals surface area contributed by atoms with E-state index in [-0.39, 0.29) is 17.5 Å². The van der Waals surface area contributed by atoms with E-state index in [1.165, 1.54) is 18.2 Å². The summed E-state index contributed by atoms with van der Waals surface area (Å²) >= 11 is 3.06. The lowest BCUT2D eigenvalue weighted by Gasteiger charge is -2.17. The van der Waals surface area contributed by atoms with Crippen LogP contribution in [0.5, 0.6) is 11.5 Å². The molecule has 0 aliphatic heterocycles. The topological polar surface area (TPSA) is 21.3 Å². The van der Waals surface area contributed by atoms with E-state index in [0.29, 0.717) is 10.0 Å². The van der Waals surface area contributed by atoms with Gasteiger partial charge >= 0.3 is 0 Å². The quantitative estimate of drug-likeness (QED) is 0.862. The Bertz CT molecular complexity index is 619. The molecule has 0 amide bonds. The first kappa shape index (κ1) is 14.9. The fourth-order valence-corrected chi connectivity index (χ4v) is 2.03. The van der Waals surface area contributed by atoms with Gasteiger partial charge in [0, 0.05) is 17.7 Å². The van der Waals surface area contributed by atoms with E-state index in [1.807, 2.05) is 6.92 Å². The average Bonchev–Trinajstić information content (AvgIpc) is 2.44. The minimum absolute atomic E-state index is 0.0824. The van der Waals surface area contributed by atoms with Crippen LogP contribution in [0.2, 0.25) is 0 Å². The highest BCUT2D eigenvalue weighted by Gasteiger charge is 2.15. The largest absolute Gasteiger partial charge is 0.454 e. The second-order valence-corrected chi connectivity index (χ2v) is 5.20. The van der Waals surface area contributed by atoms with E-state index in [9.17, 15) is 8.78 Å². The molecule has 2 aromatic carbocycles. The SMILES string of the molecule is CNC(C)c1cccc(F)c1Oc1ccc(Br)c(F)c1. The van der Waals surface area contributed by atoms with Gasteiger partial charge in [0.1, 0.15) is 11.6 Å². The first-order chi connectivity index (χ1) is 9.52. The van der Waals surface area contributed by atoms with Crippen LogP contribution in [0.4, 0.5) is 8.78 Å². The molecule has 0 radical (unpaired) electrons. The van der Waals surface area contributed by atoms with Crippen LogP contribution < -0.4 is 10.1 Å². The maximum absolute atomic E-state index is 14.0. The van der Waals surface area contributed by atoms with Crippen molar-refractivity contribution in [3.63, 3.8) is 0 Å². The van der Waals surface area contributed by atoms with Crippen molar-refractivity contribution in [3.05, 3.63) is 58.1 Å². The molecule has 0 saturated heterocycles. The lowest BCUT2D eigenvalue weighted by atomic mass is 10.1. The van der Waals surface area contributed by atoms with E-state index < -0.39 is 11.6 Å². The van der Waals surface area contributed by atoms with Crippen molar-refractivity contribution in [2.45, 2.75) is 13.0 Å². The zero-order chi connectivity index (χ0) is 14.7. The molecule has 2 rings (SSSR count). The van der Waals surface area contributed by atoms with Gasteiger partial charge in [0.2, 0.25) is 0 Å². The van der Waals surface area contributed by atoms with Gasteiger partial charge in [-0.2, -0.15) is 0 Å². The molecule has 1 atom stereocenters. The molecule has 0 heterocycles. The molecular weight excluding hydrogens is 328 g/mol. The van der Waals surface area contributed by atoms with E-state index >= 15 is 0 Å². The summed E-state index contributed by atoms with van der Waals surface area (Å²) in [5, 5.41) is 3.03. The van der Waals surface area contributed by atoms with Crippen LogP contribution in [0.25, 0.3) is 0 Å². The summed E-state index contributed by atoms with van der Waals surface area (Å²) in [6.45, 7) is 1.89. The Hall–Kier alpha value is -1.46. The summed E-state index contributed by atoms with van der Waals surface area (Å²) in [5.74, 6) is -0.577. The minimum atomic E-state index is -0.479. The molecule has 1 N–H and O–H groups in total. The molecule has 2 aromatic rings. The zero-order valence-electron chi connectivity index (χ0n) is 11.1. The summed E-state index contributed by atoms with van der Waals surface area (Å²) in [5.41, 5.74) is 0.677. The van der Waals surface area contributed by atoms with Crippen LogP contribution in [0.15, 0.2) is 40.9 Å². The predicted octanol–water partition coefficient (Wildman–Crippen LogP) is 4.80. The molecule has 106 valence electrons. The van der Waals surface area contributed by atoms with E-state index in [1.54, 1.807) is 25.2 Å². The summed E-state index contributed by atoms with van der Waals surface area (Å²) in [4.78, 5) is 0. The molecule has 2 nitrogen and oxygen atoms in total. The highest BCUT2D eigenvalue weighted by Crippen LogP contribution is 2.33. The molecule has 0 fully saturated rings. The number of hydrogen-bond donors (Lipinski definition) is 1. The van der Waals surface area contributed by atoms with Crippen LogP contribution >= 0.6 is 15.9 Å². The lowest BCUT2D eigenvalue weighted by molar-refractivity contribution is 0.425. The van der Waals surface area contributed by atoms with E-state index in [4.69, 9.17) is 4.74 Å². The fourth-order valence-electron chi connectivity index (χ4n) is 1.79. The number of hydrogen-bond acceptors (Lipinski definition) is 2. The van der Waals surface area contributed by atoms with Crippen LogP contribution in [-0.2, 0) is 0 Å². The highest BCUT2D eigenvalue weighted by atomic mass is 79.9. The Balaban J connectivity index is 2.39. The third-order valence-corrected chi connectivity index (χ3v) is 3.65. The second kappa shape index (κ2) is 6.33. The number of nitrogens with one attached hydrogen (secondary N) is 1. The smallest absolute Gasteiger partial charge is 0.167 e. The fraction of sp³-hybridized carbons (Fsp3) is 0.200. The Morgan fingerprint density at radius 3 is 2.55 bits per heavy atom. The third-order valence-electron chi connectivity index (χ3n) is 3.01. The van der Waals surface area contributed by atoms with Gasteiger partial charge in [0.05, 0.1) is 4.47 Å². The number of halogens is 3. The van der Waals surface area contributed by atoms with Crippen molar-refractivity contribution in [3.8, 4) is 11.5 Å². The Morgan fingerprint density at radius 1 is 1.15 bits per heavy atom. The van der Waals surface area contributed by atoms with Gasteiger partial charge in [-0.05, 0) is 48.1 Å². The maximum Gasteiger partial charge on any atom is 0.167 e. The number of para-hydroxylation sites is 1. The normalized spacial score (nSPS) is 12.2. The summed E-state index contributed by atoms with van der Waals surface area (Å²) in [6.07, 6.45) is 0. The Morgan fingerprint density at radius 2 is 1.90 bits per heavy atom. The van der Waals surface area contributed by atoms with Crippen molar-refractivity contribution < 1.29 is 13.5 Å². The molecule has 0 spiro atoms. The zero-order valence-corrected chi connectivity index (χ0v) is 12.7. The average molecular weight is 342 g/mol. The van der Waals surface area contributed by atoms with Gasteiger partial charge in [-0.25, -0.2) is 8.78 Å². The van der Waals surface area contributed by atoms with Gasteiger partial charge in [-0.3, -0.25) is 0 Å². The Labute approximate surface area is 124 Å². The van der Waals surface area contributed by atoms with E-state index in [0.717, 1.165) is 0 Å². The summed E-state index contributed by atoms with van der Waals surface area (Å²) < 4.78 is 33.3. The molecule has 20 heavy (non-hydrogen) atoms. The van der Waals surface area contributed by atoms with Gasteiger partial charge in [0.25, 0.3) is 0 Å². The predicted molar refractivity (Wildman–Crippen MR) is 78.0 cm³/mol. The molecule has 0 aromatic heterocycles. The van der Waals surface area contributed by atoms with Crippen molar-refractivity contribution in [1.82, 2.24) is 5.32 Å². The molecule has 0 aliphatic carbocycles. The van der Waals surface area contributed by atoms with Crippen molar-refractivity contribution >= 4 is 15.9 Å². The molecule has 0 aliphatic rings. The third kappa shape index (κ3) is 3.16. The van der Waals surface area contributed by atoms with Crippen LogP contribution in [0.3, 0.4) is 0 Å². The first-order valence-corrected chi connectivity index (χ1v) is 6.90. The van der Waals surface area contributed by atoms with Crippen LogP contribution in [0, 0.1) is 11.6 Å². The lowest BCUT2D eigenvalue weighted by Crippen LogP contribution is -2.13. The van der Waals surface area contributed by atoms with Crippen LogP contribution in [-0.4, -0.2) is 7.05 Å². The molecular formula is C15H14BrF2NO. The number of benzene rings is 2. The molecule has 0 bridgehead atoms. The van der Waals surface area contributed by atoms with Gasteiger partial charge in [0.15, 0.2) is 11.6 Å². The monoisotopic (exact) mass is 341 g/mol. The van der Waals surface area contributed by atoms with E-state index in [2.05, 4.69) is 21.2 Å². The maximum atomic E-state index is 14.0. The van der Waals surface area contributed by atoms with Crippen molar-refractivity contribution in [2.75, 3.05) is 7.05 Å². The number of ether oxygens (including phenoxy) is 1. The summed E-state index contributed by atoms with van der Waals surface area (Å²) in [6, 6.07) is 8.93. The number of rotatable bonds is 4. The molecule has 1 unspecified atom stereocenters. The summed E-state index contributed by atoms with van der Waals surface area (Å²) in [7, 11) is 1.78. The van der Waals surface area contributed by atoms with Gasteiger partial charge in [-0.1, -0.05) is 12.1 Å². The van der Waals surface area contributed by atoms with Gasteiger partial charge in [-0.15, -0.1) is 0 Å². The molecule has 5 heteroatoms. The Kier molecular flexibility index (Phi) is 4.73. The highest BCUT2D eigenvalue weighted by molar-refractivity contribution is 9.10. The second-order valence-electron chi connectivity index (χ2n) is 4.35. The minimum Gasteiger partial charge on any atom is -0.454 e. The van der Waals surface area contributed by atoms with Crippen molar-refractivity contribution in [2.24, 2.45) is 0 Å². The first-order valence-electron chi connectivity index (χ1n) is 6.11. The van der Waals surface area contributed by atoms with Gasteiger partial charge < -0.3 is 10.1 Å².